The molecule has 160 valence electrons. The standard InChI is InChI=1S/C23H18N4O5/c1-27-23(15(11-24)12-25-27)26-19(28)13-31-22-20(29)17-5-3-4-6-18(17)32-21(22)14-7-9-16(30-2)10-8-14/h3-10,12H,13H2,1-2H3,(H,26,28). The van der Waals surface area contributed by atoms with Crippen molar-refractivity contribution in [2.45, 2.75) is 0 Å². The van der Waals surface area contributed by atoms with Crippen molar-refractivity contribution in [3.8, 4) is 28.9 Å². The minimum absolute atomic E-state index is 0.0884. The summed E-state index contributed by atoms with van der Waals surface area (Å²) in [4.78, 5) is 25.6. The van der Waals surface area contributed by atoms with Gasteiger partial charge in [-0.3, -0.25) is 14.3 Å². The maximum Gasteiger partial charge on any atom is 0.263 e. The lowest BCUT2D eigenvalue weighted by Gasteiger charge is -2.12. The fraction of sp³-hybridized carbons (Fsp3) is 0.130. The fourth-order valence-corrected chi connectivity index (χ4v) is 3.16. The summed E-state index contributed by atoms with van der Waals surface area (Å²) in [5.41, 5.74) is 0.796. The van der Waals surface area contributed by atoms with E-state index >= 15 is 0 Å². The van der Waals surface area contributed by atoms with Gasteiger partial charge in [0.1, 0.15) is 28.8 Å². The number of nitriles is 1. The molecule has 0 aliphatic rings. The van der Waals surface area contributed by atoms with Crippen LogP contribution in [0.25, 0.3) is 22.3 Å². The van der Waals surface area contributed by atoms with E-state index in [1.54, 1.807) is 62.7 Å². The number of aromatic nitrogens is 2. The van der Waals surface area contributed by atoms with Crippen LogP contribution in [-0.4, -0.2) is 29.4 Å². The molecule has 2 aromatic carbocycles. The third-order valence-corrected chi connectivity index (χ3v) is 4.77. The molecule has 4 rings (SSSR count). The number of fused-ring (bicyclic) bond motifs is 1. The maximum absolute atomic E-state index is 13.1. The van der Waals surface area contributed by atoms with Crippen molar-refractivity contribution < 1.29 is 18.7 Å². The number of nitrogens with one attached hydrogen (secondary N) is 1. The number of nitrogens with zero attached hydrogens (tertiary/aromatic N) is 3. The summed E-state index contributed by atoms with van der Waals surface area (Å²) in [5, 5.41) is 16.0. The number of carbonyl (C=O) groups is 1. The van der Waals surface area contributed by atoms with E-state index in [4.69, 9.17) is 19.2 Å². The van der Waals surface area contributed by atoms with Crippen LogP contribution >= 0.6 is 0 Å². The summed E-state index contributed by atoms with van der Waals surface area (Å²) in [6, 6.07) is 15.7. The van der Waals surface area contributed by atoms with Gasteiger partial charge in [0.2, 0.25) is 11.2 Å². The molecule has 4 aromatic rings. The van der Waals surface area contributed by atoms with E-state index in [2.05, 4.69) is 10.4 Å². The normalized spacial score (nSPS) is 10.5. The minimum atomic E-state index is -0.557. The molecule has 0 aliphatic carbocycles. The Morgan fingerprint density at radius 1 is 1.22 bits per heavy atom. The van der Waals surface area contributed by atoms with E-state index in [1.807, 2.05) is 6.07 Å². The number of anilines is 1. The molecule has 0 radical (unpaired) electrons. The van der Waals surface area contributed by atoms with Crippen LogP contribution in [0.2, 0.25) is 0 Å². The Morgan fingerprint density at radius 3 is 2.69 bits per heavy atom. The number of rotatable bonds is 6. The van der Waals surface area contributed by atoms with Gasteiger partial charge < -0.3 is 19.2 Å². The van der Waals surface area contributed by atoms with Crippen LogP contribution in [0.15, 0.2) is 63.9 Å². The van der Waals surface area contributed by atoms with Crippen molar-refractivity contribution in [3.05, 3.63) is 70.5 Å². The molecule has 1 amide bonds. The number of para-hydroxylation sites is 1. The van der Waals surface area contributed by atoms with E-state index in [1.165, 1.54) is 10.9 Å². The molecular weight excluding hydrogens is 412 g/mol. The first-order chi connectivity index (χ1) is 15.5. The Hall–Kier alpha value is -4.58. The fourth-order valence-electron chi connectivity index (χ4n) is 3.16. The molecule has 32 heavy (non-hydrogen) atoms. The lowest BCUT2D eigenvalue weighted by Crippen LogP contribution is -2.24. The van der Waals surface area contributed by atoms with Crippen molar-refractivity contribution >= 4 is 22.7 Å². The second-order valence-corrected chi connectivity index (χ2v) is 6.79. The number of methoxy groups -OCH3 is 1. The largest absolute Gasteiger partial charge is 0.497 e. The lowest BCUT2D eigenvalue weighted by atomic mass is 10.1. The zero-order valence-electron chi connectivity index (χ0n) is 17.3. The number of carbonyl (C=O) groups excluding carboxylic acids is 1. The molecule has 0 bridgehead atoms. The Morgan fingerprint density at radius 2 is 1.97 bits per heavy atom. The average Bonchev–Trinajstić information content (AvgIpc) is 3.17. The highest BCUT2D eigenvalue weighted by Gasteiger charge is 2.20. The molecule has 0 unspecified atom stereocenters. The summed E-state index contributed by atoms with van der Waals surface area (Å²) in [7, 11) is 3.15. The van der Waals surface area contributed by atoms with Crippen LogP contribution in [0.5, 0.6) is 11.5 Å². The second kappa shape index (κ2) is 8.65. The SMILES string of the molecule is COc1ccc(-c2oc3ccccc3c(=O)c2OCC(=O)Nc2c(C#N)cnn2C)cc1. The first-order valence-electron chi connectivity index (χ1n) is 9.57. The van der Waals surface area contributed by atoms with Crippen molar-refractivity contribution in [2.75, 3.05) is 19.0 Å². The number of amides is 1. The zero-order valence-corrected chi connectivity index (χ0v) is 17.3. The van der Waals surface area contributed by atoms with E-state index in [-0.39, 0.29) is 22.9 Å². The molecule has 9 nitrogen and oxygen atoms in total. The summed E-state index contributed by atoms with van der Waals surface area (Å²) in [6.45, 7) is -0.470. The quantitative estimate of drug-likeness (QED) is 0.499. The summed E-state index contributed by atoms with van der Waals surface area (Å²) in [6.07, 6.45) is 1.34. The Labute approximate surface area is 182 Å². The maximum atomic E-state index is 13.1. The average molecular weight is 430 g/mol. The van der Waals surface area contributed by atoms with Gasteiger partial charge in [0.05, 0.1) is 18.7 Å². The van der Waals surface area contributed by atoms with Crippen LogP contribution < -0.4 is 20.2 Å². The number of benzene rings is 2. The van der Waals surface area contributed by atoms with Crippen LogP contribution in [0.4, 0.5) is 5.82 Å². The molecular formula is C23H18N4O5. The lowest BCUT2D eigenvalue weighted by molar-refractivity contribution is -0.118. The number of hydrogen-bond acceptors (Lipinski definition) is 7. The third kappa shape index (κ3) is 3.89. The first-order valence-corrected chi connectivity index (χ1v) is 9.57. The van der Waals surface area contributed by atoms with Gasteiger partial charge in [-0.05, 0) is 36.4 Å². The van der Waals surface area contributed by atoms with Crippen molar-refractivity contribution in [2.24, 2.45) is 7.05 Å². The van der Waals surface area contributed by atoms with Gasteiger partial charge in [-0.25, -0.2) is 0 Å². The van der Waals surface area contributed by atoms with Gasteiger partial charge in [-0.1, -0.05) is 12.1 Å². The van der Waals surface area contributed by atoms with Gasteiger partial charge in [0, 0.05) is 12.6 Å². The first kappa shape index (κ1) is 20.7. The smallest absolute Gasteiger partial charge is 0.263 e. The predicted molar refractivity (Wildman–Crippen MR) is 117 cm³/mol. The molecule has 0 saturated carbocycles. The Bertz CT molecular complexity index is 1400. The molecule has 2 aromatic heterocycles. The van der Waals surface area contributed by atoms with E-state index in [9.17, 15) is 9.59 Å². The van der Waals surface area contributed by atoms with Crippen LogP contribution in [-0.2, 0) is 11.8 Å². The minimum Gasteiger partial charge on any atom is -0.497 e. The van der Waals surface area contributed by atoms with Gasteiger partial charge in [-0.2, -0.15) is 10.4 Å². The molecule has 0 aliphatic heterocycles. The zero-order chi connectivity index (χ0) is 22.7. The molecule has 2 heterocycles. The third-order valence-electron chi connectivity index (χ3n) is 4.77. The molecule has 0 atom stereocenters. The van der Waals surface area contributed by atoms with Gasteiger partial charge in [-0.15, -0.1) is 0 Å². The van der Waals surface area contributed by atoms with Gasteiger partial charge in [0.15, 0.2) is 12.4 Å². The summed E-state index contributed by atoms with van der Waals surface area (Å²) >= 11 is 0. The Kier molecular flexibility index (Phi) is 5.59. The van der Waals surface area contributed by atoms with E-state index in [0.717, 1.165) is 0 Å². The summed E-state index contributed by atoms with van der Waals surface area (Å²) < 4.78 is 18.2. The predicted octanol–water partition coefficient (Wildman–Crippen LogP) is 3.09. The van der Waals surface area contributed by atoms with Gasteiger partial charge in [0.25, 0.3) is 5.91 Å². The molecule has 9 heteroatoms. The molecule has 0 fully saturated rings. The highest BCUT2D eigenvalue weighted by molar-refractivity contribution is 5.92. The number of hydrogen-bond donors (Lipinski definition) is 1. The number of ether oxygens (including phenoxy) is 2. The molecule has 1 N–H and O–H groups in total. The molecule has 0 saturated heterocycles. The molecule has 0 spiro atoms. The van der Waals surface area contributed by atoms with Crippen LogP contribution in [0, 0.1) is 11.3 Å². The monoisotopic (exact) mass is 430 g/mol. The van der Waals surface area contributed by atoms with Crippen molar-refractivity contribution in [1.29, 1.82) is 5.26 Å². The van der Waals surface area contributed by atoms with E-state index < -0.39 is 17.9 Å². The van der Waals surface area contributed by atoms with Crippen molar-refractivity contribution in [3.63, 3.8) is 0 Å². The van der Waals surface area contributed by atoms with Crippen molar-refractivity contribution in [1.82, 2.24) is 9.78 Å². The number of aryl methyl sites for hydroxylation is 1. The van der Waals surface area contributed by atoms with E-state index in [0.29, 0.717) is 22.3 Å². The Balaban J connectivity index is 1.68. The van der Waals surface area contributed by atoms with Gasteiger partial charge >= 0.3 is 0 Å². The topological polar surface area (TPSA) is 119 Å². The van der Waals surface area contributed by atoms with Crippen LogP contribution in [0.1, 0.15) is 5.56 Å². The highest BCUT2D eigenvalue weighted by atomic mass is 16.5. The highest BCUT2D eigenvalue weighted by Crippen LogP contribution is 2.32. The summed E-state index contributed by atoms with van der Waals surface area (Å²) in [5.74, 6) is 0.431. The second-order valence-electron chi connectivity index (χ2n) is 6.79. The van der Waals surface area contributed by atoms with Crippen LogP contribution in [0.3, 0.4) is 0 Å².